The Morgan fingerprint density at radius 2 is 2.14 bits per heavy atom. The lowest BCUT2D eigenvalue weighted by Crippen LogP contribution is -2.24. The zero-order valence-corrected chi connectivity index (χ0v) is 12.1. The van der Waals surface area contributed by atoms with Crippen molar-refractivity contribution in [2.24, 2.45) is 0 Å². The molecule has 0 aliphatic carbocycles. The van der Waals surface area contributed by atoms with E-state index < -0.39 is 0 Å². The third kappa shape index (κ3) is 3.92. The van der Waals surface area contributed by atoms with E-state index in [4.69, 9.17) is 4.74 Å². The van der Waals surface area contributed by atoms with Crippen LogP contribution in [-0.4, -0.2) is 29.5 Å². The van der Waals surface area contributed by atoms with Crippen molar-refractivity contribution in [3.05, 3.63) is 47.9 Å². The summed E-state index contributed by atoms with van der Waals surface area (Å²) in [4.78, 5) is 20.3. The van der Waals surface area contributed by atoms with Crippen LogP contribution in [0, 0.1) is 0 Å². The molecule has 0 saturated carbocycles. The molecular formula is C15H18N4O2. The average Bonchev–Trinajstić information content (AvgIpc) is 2.54. The van der Waals surface area contributed by atoms with Crippen LogP contribution in [0.15, 0.2) is 36.8 Å². The molecule has 0 aliphatic rings. The van der Waals surface area contributed by atoms with Gasteiger partial charge in [-0.15, -0.1) is 0 Å². The Morgan fingerprint density at radius 1 is 1.29 bits per heavy atom. The molecule has 0 saturated heterocycles. The fourth-order valence-electron chi connectivity index (χ4n) is 1.84. The van der Waals surface area contributed by atoms with Crippen LogP contribution in [0.4, 0.5) is 5.69 Å². The summed E-state index contributed by atoms with van der Waals surface area (Å²) >= 11 is 0. The summed E-state index contributed by atoms with van der Waals surface area (Å²) in [7, 11) is 1.56. The Labute approximate surface area is 123 Å². The molecule has 2 aromatic heterocycles. The van der Waals surface area contributed by atoms with Gasteiger partial charge in [0.25, 0.3) is 5.91 Å². The molecular weight excluding hydrogens is 268 g/mol. The molecule has 2 heterocycles. The van der Waals surface area contributed by atoms with Crippen LogP contribution in [0.2, 0.25) is 0 Å². The molecule has 0 unspecified atom stereocenters. The maximum Gasteiger partial charge on any atom is 0.253 e. The predicted molar refractivity (Wildman–Crippen MR) is 80.4 cm³/mol. The summed E-state index contributed by atoms with van der Waals surface area (Å²) < 4.78 is 4.99. The van der Waals surface area contributed by atoms with Crippen LogP contribution in [0.3, 0.4) is 0 Å². The highest BCUT2D eigenvalue weighted by Gasteiger charge is 2.10. The lowest BCUT2D eigenvalue weighted by molar-refractivity contribution is 0.0951. The van der Waals surface area contributed by atoms with Crippen molar-refractivity contribution in [1.82, 2.24) is 15.3 Å². The first-order valence-electron chi connectivity index (χ1n) is 6.69. The number of hydrogen-bond acceptors (Lipinski definition) is 5. The molecule has 0 fully saturated rings. The van der Waals surface area contributed by atoms with E-state index in [-0.39, 0.29) is 5.91 Å². The summed E-state index contributed by atoms with van der Waals surface area (Å²) in [5.41, 5.74) is 2.21. The van der Waals surface area contributed by atoms with Gasteiger partial charge in [0.1, 0.15) is 0 Å². The van der Waals surface area contributed by atoms with Gasteiger partial charge in [-0.05, 0) is 18.6 Å². The van der Waals surface area contributed by atoms with Gasteiger partial charge in [-0.2, -0.15) is 0 Å². The molecule has 1 amide bonds. The van der Waals surface area contributed by atoms with Crippen molar-refractivity contribution in [1.29, 1.82) is 0 Å². The third-order valence-corrected chi connectivity index (χ3v) is 2.89. The van der Waals surface area contributed by atoms with E-state index in [1.54, 1.807) is 37.8 Å². The quantitative estimate of drug-likeness (QED) is 0.847. The molecule has 2 aromatic rings. The van der Waals surface area contributed by atoms with E-state index in [1.165, 1.54) is 0 Å². The molecule has 2 rings (SSSR count). The van der Waals surface area contributed by atoms with Crippen molar-refractivity contribution in [2.75, 3.05) is 19.0 Å². The number of anilines is 1. The summed E-state index contributed by atoms with van der Waals surface area (Å²) in [6.07, 6.45) is 4.93. The minimum absolute atomic E-state index is 0.149. The number of aromatic nitrogens is 2. The zero-order valence-electron chi connectivity index (χ0n) is 12.1. The third-order valence-electron chi connectivity index (χ3n) is 2.89. The van der Waals surface area contributed by atoms with Gasteiger partial charge in [0.05, 0.1) is 24.6 Å². The molecule has 2 N–H and O–H groups in total. The van der Waals surface area contributed by atoms with Gasteiger partial charge in [0.2, 0.25) is 5.88 Å². The number of nitrogens with one attached hydrogen (secondary N) is 2. The second kappa shape index (κ2) is 7.23. The fraction of sp³-hybridized carbons (Fsp3) is 0.267. The highest BCUT2D eigenvalue weighted by molar-refractivity contribution is 5.99. The highest BCUT2D eigenvalue weighted by Crippen LogP contribution is 2.13. The standard InChI is InChI=1S/C15H18N4O2/c1-3-17-13-10-16-7-6-12(13)15(20)19-9-11-4-5-14(21-2)18-8-11/h4-8,10,17H,3,9H2,1-2H3,(H,19,20). The maximum atomic E-state index is 12.2. The monoisotopic (exact) mass is 286 g/mol. The number of pyridine rings is 2. The number of methoxy groups -OCH3 is 1. The Bertz CT molecular complexity index is 599. The molecule has 21 heavy (non-hydrogen) atoms. The first-order chi connectivity index (χ1) is 10.2. The number of amides is 1. The van der Waals surface area contributed by atoms with Crippen LogP contribution in [-0.2, 0) is 6.54 Å². The topological polar surface area (TPSA) is 76.1 Å². The average molecular weight is 286 g/mol. The molecule has 110 valence electrons. The van der Waals surface area contributed by atoms with Gasteiger partial charge in [0.15, 0.2) is 0 Å². The SMILES string of the molecule is CCNc1cnccc1C(=O)NCc1ccc(OC)nc1. The molecule has 0 spiro atoms. The minimum atomic E-state index is -0.149. The van der Waals surface area contributed by atoms with Crippen molar-refractivity contribution >= 4 is 11.6 Å². The van der Waals surface area contributed by atoms with Crippen LogP contribution in [0.25, 0.3) is 0 Å². The molecule has 6 heteroatoms. The summed E-state index contributed by atoms with van der Waals surface area (Å²) in [6, 6.07) is 5.32. The number of ether oxygens (including phenoxy) is 1. The van der Waals surface area contributed by atoms with Crippen molar-refractivity contribution < 1.29 is 9.53 Å². The molecule has 0 aromatic carbocycles. The largest absolute Gasteiger partial charge is 0.481 e. The Balaban J connectivity index is 2.01. The number of hydrogen-bond donors (Lipinski definition) is 2. The van der Waals surface area contributed by atoms with Gasteiger partial charge < -0.3 is 15.4 Å². The second-order valence-corrected chi connectivity index (χ2v) is 4.34. The van der Waals surface area contributed by atoms with E-state index in [1.807, 2.05) is 13.0 Å². The van der Waals surface area contributed by atoms with Crippen molar-refractivity contribution in [2.45, 2.75) is 13.5 Å². The minimum Gasteiger partial charge on any atom is -0.481 e. The Morgan fingerprint density at radius 3 is 2.81 bits per heavy atom. The van der Waals surface area contributed by atoms with Crippen molar-refractivity contribution in [3.8, 4) is 5.88 Å². The van der Waals surface area contributed by atoms with Crippen LogP contribution in [0.1, 0.15) is 22.8 Å². The highest BCUT2D eigenvalue weighted by atomic mass is 16.5. The number of carbonyl (C=O) groups is 1. The van der Waals surface area contributed by atoms with E-state index in [9.17, 15) is 4.79 Å². The molecule has 0 bridgehead atoms. The second-order valence-electron chi connectivity index (χ2n) is 4.34. The van der Waals surface area contributed by atoms with Gasteiger partial charge in [-0.25, -0.2) is 4.98 Å². The number of nitrogens with zero attached hydrogens (tertiary/aromatic N) is 2. The summed E-state index contributed by atoms with van der Waals surface area (Å²) in [5, 5.41) is 5.98. The van der Waals surface area contributed by atoms with Gasteiger partial charge in [-0.3, -0.25) is 9.78 Å². The first kappa shape index (κ1) is 14.8. The van der Waals surface area contributed by atoms with Crippen LogP contribution >= 0.6 is 0 Å². The van der Waals surface area contributed by atoms with Crippen molar-refractivity contribution in [3.63, 3.8) is 0 Å². The lowest BCUT2D eigenvalue weighted by Gasteiger charge is -2.10. The lowest BCUT2D eigenvalue weighted by atomic mass is 10.2. The maximum absolute atomic E-state index is 12.2. The summed E-state index contributed by atoms with van der Waals surface area (Å²) in [5.74, 6) is 0.401. The van der Waals surface area contributed by atoms with E-state index in [2.05, 4.69) is 20.6 Å². The number of rotatable bonds is 6. The Hall–Kier alpha value is -2.63. The van der Waals surface area contributed by atoms with E-state index >= 15 is 0 Å². The van der Waals surface area contributed by atoms with Gasteiger partial charge >= 0.3 is 0 Å². The van der Waals surface area contributed by atoms with Gasteiger partial charge in [0, 0.05) is 31.5 Å². The molecule has 0 radical (unpaired) electrons. The summed E-state index contributed by atoms with van der Waals surface area (Å²) in [6.45, 7) is 3.11. The van der Waals surface area contributed by atoms with E-state index in [0.717, 1.165) is 17.8 Å². The first-order valence-corrected chi connectivity index (χ1v) is 6.69. The Kier molecular flexibility index (Phi) is 5.09. The molecule has 0 atom stereocenters. The zero-order chi connectivity index (χ0) is 15.1. The van der Waals surface area contributed by atoms with Crippen LogP contribution in [0.5, 0.6) is 5.88 Å². The normalized spacial score (nSPS) is 10.0. The van der Waals surface area contributed by atoms with Crippen LogP contribution < -0.4 is 15.4 Å². The number of carbonyl (C=O) groups excluding carboxylic acids is 1. The van der Waals surface area contributed by atoms with Gasteiger partial charge in [-0.1, -0.05) is 6.07 Å². The van der Waals surface area contributed by atoms with E-state index in [0.29, 0.717) is 18.0 Å². The smallest absolute Gasteiger partial charge is 0.253 e. The predicted octanol–water partition coefficient (Wildman–Crippen LogP) is 1.85. The fourth-order valence-corrected chi connectivity index (χ4v) is 1.84. The molecule has 0 aliphatic heterocycles. The molecule has 6 nitrogen and oxygen atoms in total.